The van der Waals surface area contributed by atoms with E-state index in [-0.39, 0.29) is 23.4 Å². The van der Waals surface area contributed by atoms with Gasteiger partial charge in [0, 0.05) is 23.2 Å². The molecule has 5 nitrogen and oxygen atoms in total. The van der Waals surface area contributed by atoms with Crippen LogP contribution < -0.4 is 9.47 Å². The first-order chi connectivity index (χ1) is 11.2. The Bertz CT molecular complexity index is 672. The summed E-state index contributed by atoms with van der Waals surface area (Å²) in [6.07, 6.45) is 1.05. The summed E-state index contributed by atoms with van der Waals surface area (Å²) < 4.78 is 10.9. The van der Waals surface area contributed by atoms with E-state index in [1.165, 1.54) is 16.0 Å². The lowest BCUT2D eigenvalue weighted by molar-refractivity contribution is 0.249. The molecule has 0 bridgehead atoms. The lowest BCUT2D eigenvalue weighted by Gasteiger charge is -2.35. The molecule has 2 aromatic carbocycles. The monoisotopic (exact) mass is 401 g/mol. The van der Waals surface area contributed by atoms with Gasteiger partial charge in [-0.05, 0) is 48.9 Å². The normalized spacial score (nSPS) is 15.6. The van der Waals surface area contributed by atoms with Crippen molar-refractivity contribution < 1.29 is 20.4 Å². The van der Waals surface area contributed by atoms with Crippen molar-refractivity contribution in [3.63, 3.8) is 0 Å². The van der Waals surface area contributed by atoms with Gasteiger partial charge in [0.15, 0.2) is 11.5 Å². The number of hydrogen-bond donors (Lipinski definition) is 0. The average molecular weight is 402 g/mol. The molecule has 26 heavy (non-hydrogen) atoms. The molecule has 0 fully saturated rings. The molecule has 7 heteroatoms. The molecule has 0 saturated carbocycles. The van der Waals surface area contributed by atoms with Gasteiger partial charge >= 0.3 is 0 Å². The fourth-order valence-corrected chi connectivity index (χ4v) is 4.20. The van der Waals surface area contributed by atoms with E-state index in [2.05, 4.69) is 54.4 Å². The van der Waals surface area contributed by atoms with E-state index in [1.807, 2.05) is 11.8 Å². The molecule has 1 atom stereocenters. The highest BCUT2D eigenvalue weighted by molar-refractivity contribution is 7.99. The van der Waals surface area contributed by atoms with E-state index >= 15 is 0 Å². The lowest BCUT2D eigenvalue weighted by atomic mass is 9.93. The van der Waals surface area contributed by atoms with Crippen LogP contribution in [0.25, 0.3) is 0 Å². The van der Waals surface area contributed by atoms with Crippen LogP contribution >= 0.6 is 24.2 Å². The Balaban J connectivity index is 0.00000208. The molecule has 4 N–H and O–H groups in total. The second-order valence-electron chi connectivity index (χ2n) is 5.78. The van der Waals surface area contributed by atoms with Crippen molar-refractivity contribution in [2.75, 3.05) is 33.6 Å². The van der Waals surface area contributed by atoms with Crippen molar-refractivity contribution >= 4 is 24.2 Å². The third-order valence-corrected chi connectivity index (χ3v) is 5.51. The molecule has 146 valence electrons. The second-order valence-corrected chi connectivity index (χ2v) is 6.87. The van der Waals surface area contributed by atoms with Crippen molar-refractivity contribution in [2.24, 2.45) is 0 Å². The minimum Gasteiger partial charge on any atom is -0.493 e. The van der Waals surface area contributed by atoms with Gasteiger partial charge in [0.1, 0.15) is 0 Å². The van der Waals surface area contributed by atoms with Gasteiger partial charge in [0.05, 0.1) is 14.2 Å². The number of likely N-dealkylation sites (N-methyl/N-ethyl adjacent to an activating group) is 1. The van der Waals surface area contributed by atoms with Crippen LogP contribution in [0.5, 0.6) is 11.5 Å². The maximum atomic E-state index is 5.50. The highest BCUT2D eigenvalue weighted by Gasteiger charge is 2.26. The number of ether oxygens (including phenoxy) is 2. The predicted octanol–water partition coefficient (Wildman–Crippen LogP) is 2.80. The first-order valence-corrected chi connectivity index (χ1v) is 8.84. The molecule has 3 rings (SSSR count). The summed E-state index contributed by atoms with van der Waals surface area (Å²) in [4.78, 5) is 3.75. The number of nitrogens with zero attached hydrogens (tertiary/aromatic N) is 1. The number of hydrogen-bond acceptors (Lipinski definition) is 4. The maximum Gasteiger partial charge on any atom is 0.161 e. The van der Waals surface area contributed by atoms with Crippen LogP contribution in [0, 0.1) is 0 Å². The first-order valence-electron chi connectivity index (χ1n) is 7.86. The highest BCUT2D eigenvalue weighted by Crippen LogP contribution is 2.39. The smallest absolute Gasteiger partial charge is 0.161 e. The molecule has 0 aromatic heterocycles. The Hall–Kier alpha value is -1.44. The van der Waals surface area contributed by atoms with Crippen molar-refractivity contribution in [3.05, 3.63) is 53.6 Å². The zero-order valence-corrected chi connectivity index (χ0v) is 17.0. The van der Waals surface area contributed by atoms with E-state index < -0.39 is 0 Å². The van der Waals surface area contributed by atoms with Gasteiger partial charge in [-0.2, -0.15) is 0 Å². The SMILES string of the molecule is COc1cc2c(cc1OC)C(CSc1ccccc1)N(C)CC2.Cl.O.O. The number of fused-ring (bicyclic) bond motifs is 1. The van der Waals surface area contributed by atoms with Gasteiger partial charge in [-0.3, -0.25) is 4.90 Å². The third kappa shape index (κ3) is 5.28. The lowest BCUT2D eigenvalue weighted by Crippen LogP contribution is -2.33. The molecule has 1 aliphatic rings. The van der Waals surface area contributed by atoms with Crippen molar-refractivity contribution in [1.29, 1.82) is 0 Å². The third-order valence-electron chi connectivity index (χ3n) is 4.42. The zero-order valence-electron chi connectivity index (χ0n) is 15.3. The van der Waals surface area contributed by atoms with Crippen molar-refractivity contribution in [3.8, 4) is 11.5 Å². The van der Waals surface area contributed by atoms with Crippen LogP contribution in [0.2, 0.25) is 0 Å². The van der Waals surface area contributed by atoms with Gasteiger partial charge in [0.25, 0.3) is 0 Å². The topological polar surface area (TPSA) is 84.7 Å². The summed E-state index contributed by atoms with van der Waals surface area (Å²) in [6.45, 7) is 1.07. The fourth-order valence-electron chi connectivity index (χ4n) is 3.06. The summed E-state index contributed by atoms with van der Waals surface area (Å²) in [5.74, 6) is 2.67. The van der Waals surface area contributed by atoms with Crippen LogP contribution in [0.4, 0.5) is 0 Å². The Morgan fingerprint density at radius 3 is 2.27 bits per heavy atom. The molecule has 0 spiro atoms. The van der Waals surface area contributed by atoms with Gasteiger partial charge in [-0.1, -0.05) is 18.2 Å². The zero-order chi connectivity index (χ0) is 16.2. The van der Waals surface area contributed by atoms with Crippen LogP contribution in [0.3, 0.4) is 0 Å². The Labute approximate surface area is 165 Å². The van der Waals surface area contributed by atoms with E-state index in [4.69, 9.17) is 9.47 Å². The number of rotatable bonds is 5. The van der Waals surface area contributed by atoms with E-state index in [0.29, 0.717) is 6.04 Å². The van der Waals surface area contributed by atoms with Crippen LogP contribution in [0.15, 0.2) is 47.4 Å². The van der Waals surface area contributed by atoms with E-state index in [9.17, 15) is 0 Å². The molecular formula is C19H28ClNO4S. The fraction of sp³-hybridized carbons (Fsp3) is 0.368. The Kier molecular flexibility index (Phi) is 10.7. The standard InChI is InChI=1S/C19H23NO2S.ClH.2H2O/c1-20-10-9-14-11-18(21-2)19(22-3)12-16(14)17(20)13-23-15-7-5-4-6-8-15;;;/h4-8,11-12,17H,9-10,13H2,1-3H3;1H;2*1H2. The summed E-state index contributed by atoms with van der Waals surface area (Å²) >= 11 is 1.90. The molecule has 1 heterocycles. The molecule has 1 unspecified atom stereocenters. The quantitative estimate of drug-likeness (QED) is 0.721. The second kappa shape index (κ2) is 11.3. The van der Waals surface area contributed by atoms with Gasteiger partial charge in [0.2, 0.25) is 0 Å². The van der Waals surface area contributed by atoms with Gasteiger partial charge < -0.3 is 20.4 Å². The number of halogens is 1. The minimum absolute atomic E-state index is 0. The molecule has 0 saturated heterocycles. The summed E-state index contributed by atoms with van der Waals surface area (Å²) in [5, 5.41) is 0. The van der Waals surface area contributed by atoms with Crippen LogP contribution in [0.1, 0.15) is 17.2 Å². The van der Waals surface area contributed by atoms with Crippen LogP contribution in [-0.4, -0.2) is 49.4 Å². The van der Waals surface area contributed by atoms with Gasteiger partial charge in [-0.15, -0.1) is 24.2 Å². The predicted molar refractivity (Wildman–Crippen MR) is 110 cm³/mol. The molecule has 1 aliphatic heterocycles. The highest BCUT2D eigenvalue weighted by atomic mass is 35.5. The van der Waals surface area contributed by atoms with Crippen LogP contribution in [-0.2, 0) is 6.42 Å². The van der Waals surface area contributed by atoms with Crippen molar-refractivity contribution in [2.45, 2.75) is 17.4 Å². The summed E-state index contributed by atoms with van der Waals surface area (Å²) in [5.41, 5.74) is 2.74. The largest absolute Gasteiger partial charge is 0.493 e. The maximum absolute atomic E-state index is 5.50. The van der Waals surface area contributed by atoms with E-state index in [1.54, 1.807) is 14.2 Å². The van der Waals surface area contributed by atoms with Gasteiger partial charge in [-0.25, -0.2) is 0 Å². The molecule has 2 aromatic rings. The molecule has 0 amide bonds. The molecule has 0 radical (unpaired) electrons. The molecular weight excluding hydrogens is 374 g/mol. The number of methoxy groups -OCH3 is 2. The number of thioether (sulfide) groups is 1. The molecule has 0 aliphatic carbocycles. The average Bonchev–Trinajstić information content (AvgIpc) is 2.60. The summed E-state index contributed by atoms with van der Waals surface area (Å²) in [6, 6.07) is 15.3. The van der Waals surface area contributed by atoms with Crippen molar-refractivity contribution in [1.82, 2.24) is 4.90 Å². The minimum atomic E-state index is 0. The number of benzene rings is 2. The Morgan fingerprint density at radius 1 is 1.04 bits per heavy atom. The summed E-state index contributed by atoms with van der Waals surface area (Å²) in [7, 11) is 5.60. The van der Waals surface area contributed by atoms with E-state index in [0.717, 1.165) is 30.2 Å². The first kappa shape index (κ1) is 24.6. The Morgan fingerprint density at radius 2 is 1.65 bits per heavy atom.